The number of β-lactam (4-membered cyclic amide) rings is 1. The van der Waals surface area contributed by atoms with E-state index in [2.05, 4.69) is 15.0 Å². The van der Waals surface area contributed by atoms with Gasteiger partial charge in [0.15, 0.2) is 5.96 Å². The maximum atomic E-state index is 12.6. The van der Waals surface area contributed by atoms with Crippen LogP contribution in [-0.2, 0) is 9.53 Å². The highest BCUT2D eigenvalue weighted by Crippen LogP contribution is 2.33. The quantitative estimate of drug-likeness (QED) is 0.239. The van der Waals surface area contributed by atoms with E-state index >= 15 is 0 Å². The third kappa shape index (κ3) is 3.77. The molecule has 0 spiro atoms. The summed E-state index contributed by atoms with van der Waals surface area (Å²) < 4.78 is 3.70. The molecule has 1 heterocycles. The number of aliphatic imine (C=N–C) groups is 1. The zero-order chi connectivity index (χ0) is 18.4. The minimum absolute atomic E-state index is 0.0122. The number of ether oxygens (including phenoxy) is 1. The summed E-state index contributed by atoms with van der Waals surface area (Å²) in [6.07, 6.45) is 0.181. The highest BCUT2D eigenvalue weighted by Gasteiger charge is 2.66. The Morgan fingerprint density at radius 3 is 2.56 bits per heavy atom. The molecule has 1 aliphatic heterocycles. The number of nitrogens with one attached hydrogen (secondary N) is 1. The topological polar surface area (TPSA) is 137 Å². The van der Waals surface area contributed by atoms with Gasteiger partial charge >= 0.3 is 18.0 Å². The van der Waals surface area contributed by atoms with E-state index in [-0.39, 0.29) is 12.5 Å². The Kier molecular flexibility index (Phi) is 5.71. The third-order valence-corrected chi connectivity index (χ3v) is 4.08. The van der Waals surface area contributed by atoms with Gasteiger partial charge in [0, 0.05) is 12.2 Å². The number of para-hydroxylation sites is 1. The summed E-state index contributed by atoms with van der Waals surface area (Å²) in [7, 11) is 1.15. The first-order valence-electron chi connectivity index (χ1n) is 7.84. The number of rotatable bonds is 5. The average molecular weight is 348 g/mol. The molecule has 9 nitrogen and oxygen atoms in total. The fourth-order valence-electron chi connectivity index (χ4n) is 2.79. The third-order valence-electron chi connectivity index (χ3n) is 4.08. The van der Waals surface area contributed by atoms with Crippen LogP contribution in [0, 0.1) is 5.92 Å². The number of carbonyl (C=O) groups excluding carboxylic acids is 3. The zero-order valence-corrected chi connectivity index (χ0v) is 14.0. The molecular weight excluding hydrogens is 326 g/mol. The van der Waals surface area contributed by atoms with E-state index in [9.17, 15) is 14.4 Å². The number of hydrogen-bond donors (Lipinski definition) is 3. The van der Waals surface area contributed by atoms with Gasteiger partial charge < -0.3 is 16.2 Å². The number of nitrogens with zero attached hydrogens (tertiary/aromatic N) is 2. The van der Waals surface area contributed by atoms with E-state index in [4.69, 9.17) is 11.5 Å². The first kappa shape index (κ1) is 18.4. The van der Waals surface area contributed by atoms with Crippen LogP contribution in [0.2, 0.25) is 0 Å². The Morgan fingerprint density at radius 1 is 1.32 bits per heavy atom. The second-order valence-corrected chi connectivity index (χ2v) is 5.74. The van der Waals surface area contributed by atoms with E-state index < -0.39 is 28.4 Å². The van der Waals surface area contributed by atoms with Crippen molar-refractivity contribution in [1.29, 1.82) is 0 Å². The maximum absolute atomic E-state index is 12.6. The van der Waals surface area contributed by atoms with Crippen molar-refractivity contribution >= 4 is 29.7 Å². The van der Waals surface area contributed by atoms with Crippen LogP contribution in [-0.4, -0.2) is 48.7 Å². The molecule has 1 saturated heterocycles. The number of anilines is 1. The van der Waals surface area contributed by atoms with E-state index in [1.54, 1.807) is 30.3 Å². The molecule has 4 amide bonds. The Balaban J connectivity index is 2.05. The summed E-state index contributed by atoms with van der Waals surface area (Å²) in [6, 6.07) is 7.89. The molecule has 0 radical (unpaired) electrons. The number of hydrogen-bond acceptors (Lipinski definition) is 5. The number of methoxy groups -OCH3 is 1. The minimum Gasteiger partial charge on any atom is -0.423 e. The molecule has 0 aromatic heterocycles. The number of urea groups is 1. The van der Waals surface area contributed by atoms with E-state index in [1.165, 1.54) is 0 Å². The lowest BCUT2D eigenvalue weighted by Gasteiger charge is -2.40. The molecule has 0 bridgehead atoms. The Bertz CT molecular complexity index is 687. The molecule has 0 aliphatic carbocycles. The molecule has 5 N–H and O–H groups in total. The Hall–Kier alpha value is -2.94. The summed E-state index contributed by atoms with van der Waals surface area (Å²) in [5.41, 5.74) is 11.0. The van der Waals surface area contributed by atoms with E-state index in [1.807, 2.05) is 0 Å². The summed E-state index contributed by atoms with van der Waals surface area (Å²) in [5, 5.41) is 2.59. The lowest BCUT2D eigenvalue weighted by molar-refractivity contribution is -0.737. The molecule has 2 rings (SSSR count). The molecule has 1 aromatic carbocycles. The van der Waals surface area contributed by atoms with Crippen molar-refractivity contribution in [3.63, 3.8) is 0 Å². The summed E-state index contributed by atoms with van der Waals surface area (Å²) in [6.45, 7) is 0.451. The van der Waals surface area contributed by atoms with Gasteiger partial charge in [0.25, 0.3) is 0 Å². The van der Waals surface area contributed by atoms with Crippen LogP contribution in [0.25, 0.3) is 0 Å². The van der Waals surface area contributed by atoms with Gasteiger partial charge in [-0.15, -0.1) is 0 Å². The number of guanidine groups is 1. The molecule has 0 saturated carbocycles. The van der Waals surface area contributed by atoms with Crippen LogP contribution in [0.1, 0.15) is 12.8 Å². The van der Waals surface area contributed by atoms with Crippen LogP contribution in [0.4, 0.5) is 15.3 Å². The molecule has 1 aliphatic rings. The van der Waals surface area contributed by atoms with Gasteiger partial charge in [0.1, 0.15) is 12.5 Å². The van der Waals surface area contributed by atoms with Crippen molar-refractivity contribution in [3.05, 3.63) is 30.3 Å². The van der Waals surface area contributed by atoms with Crippen LogP contribution >= 0.6 is 0 Å². The number of nitrogens with two attached hydrogens (primary N) is 2. The van der Waals surface area contributed by atoms with Crippen LogP contribution in [0.15, 0.2) is 35.3 Å². The predicted molar refractivity (Wildman–Crippen MR) is 91.4 cm³/mol. The van der Waals surface area contributed by atoms with Gasteiger partial charge in [0.05, 0.1) is 7.11 Å². The second kappa shape index (κ2) is 7.75. The van der Waals surface area contributed by atoms with Crippen molar-refractivity contribution < 1.29 is 23.6 Å². The van der Waals surface area contributed by atoms with Gasteiger partial charge in [-0.1, -0.05) is 22.7 Å². The van der Waals surface area contributed by atoms with Crippen molar-refractivity contribution in [2.45, 2.75) is 12.8 Å². The smallest absolute Gasteiger partial charge is 0.423 e. The van der Waals surface area contributed by atoms with Crippen molar-refractivity contribution in [2.75, 3.05) is 25.5 Å². The van der Waals surface area contributed by atoms with E-state index in [0.717, 1.165) is 7.11 Å². The Morgan fingerprint density at radius 2 is 2.00 bits per heavy atom. The first-order valence-corrected chi connectivity index (χ1v) is 7.84. The highest BCUT2D eigenvalue weighted by molar-refractivity contribution is 6.03. The molecule has 1 fully saturated rings. The van der Waals surface area contributed by atoms with Gasteiger partial charge in [-0.05, 0) is 25.0 Å². The summed E-state index contributed by atoms with van der Waals surface area (Å²) in [5.74, 6) is -0.901. The molecule has 1 aromatic rings. The summed E-state index contributed by atoms with van der Waals surface area (Å²) >= 11 is 0. The molecule has 9 heteroatoms. The molecule has 2 atom stereocenters. The minimum atomic E-state index is -0.988. The predicted octanol–water partition coefficient (Wildman–Crippen LogP) is 1.01. The van der Waals surface area contributed by atoms with Gasteiger partial charge in [0.2, 0.25) is 0 Å². The lowest BCUT2D eigenvalue weighted by Crippen LogP contribution is -2.74. The number of quaternary nitrogens is 1. The number of carbonyl (C=O) groups is 3. The standard InChI is InChI=1S/C16H21N5O4/c1-25-16(24)21(15(23)20-12-7-3-2-4-8-12)10-11(13(21)22)6-5-9-19-14(17)18/h2-4,7-8,11H,5-6,9-10H2,1H3,(H4-,17,18,19,20,23)/p+1. The second-order valence-electron chi connectivity index (χ2n) is 5.74. The summed E-state index contributed by atoms with van der Waals surface area (Å²) in [4.78, 5) is 41.1. The van der Waals surface area contributed by atoms with Crippen molar-refractivity contribution in [2.24, 2.45) is 22.4 Å². The largest absolute Gasteiger partial charge is 0.532 e. The first-order chi connectivity index (χ1) is 11.9. The fraction of sp³-hybridized carbons (Fsp3) is 0.375. The number of benzene rings is 1. The molecular formula is C16H22N5O4+. The van der Waals surface area contributed by atoms with Crippen LogP contribution in [0.5, 0.6) is 0 Å². The van der Waals surface area contributed by atoms with Gasteiger partial charge in [-0.25, -0.2) is 9.59 Å². The average Bonchev–Trinajstić information content (AvgIpc) is 2.60. The zero-order valence-electron chi connectivity index (χ0n) is 14.0. The van der Waals surface area contributed by atoms with E-state index in [0.29, 0.717) is 25.1 Å². The number of imide groups is 3. The van der Waals surface area contributed by atoms with Gasteiger partial charge in [-0.2, -0.15) is 4.79 Å². The fourth-order valence-corrected chi connectivity index (χ4v) is 2.79. The van der Waals surface area contributed by atoms with Crippen molar-refractivity contribution in [3.8, 4) is 0 Å². The molecule has 134 valence electrons. The normalized spacial score (nSPS) is 21.8. The lowest BCUT2D eigenvalue weighted by atomic mass is 9.90. The molecule has 2 unspecified atom stereocenters. The maximum Gasteiger partial charge on any atom is 0.532 e. The number of likely N-dealkylation sites (tertiary alicyclic amines) is 1. The van der Waals surface area contributed by atoms with Gasteiger partial charge in [-0.3, -0.25) is 10.3 Å². The van der Waals surface area contributed by atoms with Crippen LogP contribution < -0.4 is 16.8 Å². The van der Waals surface area contributed by atoms with Crippen LogP contribution in [0.3, 0.4) is 0 Å². The monoisotopic (exact) mass is 348 g/mol. The highest BCUT2D eigenvalue weighted by atomic mass is 16.6. The van der Waals surface area contributed by atoms with Crippen molar-refractivity contribution in [1.82, 2.24) is 0 Å². The number of amides is 4. The molecule has 25 heavy (non-hydrogen) atoms. The Labute approximate surface area is 145 Å². The SMILES string of the molecule is COC(=O)[N+]1(C(=O)Nc2ccccc2)CC(CCCN=C(N)N)C1=O.